The van der Waals surface area contributed by atoms with Gasteiger partial charge in [-0.3, -0.25) is 4.79 Å². The Labute approximate surface area is 58.0 Å². The number of aliphatic carboxylic acids is 1. The van der Waals surface area contributed by atoms with E-state index >= 15 is 0 Å². The maximum Gasteiger partial charge on any atom is 0.307 e. The van der Waals surface area contributed by atoms with Gasteiger partial charge < -0.3 is 10.4 Å². The van der Waals surface area contributed by atoms with Crippen LogP contribution in [0.5, 0.6) is 0 Å². The molecule has 0 spiro atoms. The summed E-state index contributed by atoms with van der Waals surface area (Å²) >= 11 is 5.58. The highest BCUT2D eigenvalue weighted by atomic mass is 35.5. The van der Waals surface area contributed by atoms with Crippen molar-refractivity contribution < 1.29 is 9.90 Å². The smallest absolute Gasteiger partial charge is 0.307 e. The van der Waals surface area contributed by atoms with Gasteiger partial charge in [0.2, 0.25) is 0 Å². The highest BCUT2D eigenvalue weighted by molar-refractivity contribution is 6.20. The molecule has 0 bridgehead atoms. The lowest BCUT2D eigenvalue weighted by Gasteiger charge is -1.97. The standard InChI is InChI=1S/C5H8ClNO2/c6-4-1-3(2-7-4)5(8)9/h3-4,7H,1-2H2,(H,8,9). The van der Waals surface area contributed by atoms with Crippen molar-refractivity contribution in [1.82, 2.24) is 5.32 Å². The predicted molar refractivity (Wildman–Crippen MR) is 33.4 cm³/mol. The van der Waals surface area contributed by atoms with Crippen LogP contribution in [-0.4, -0.2) is 23.1 Å². The summed E-state index contributed by atoms with van der Waals surface area (Å²) in [5.74, 6) is -1.04. The molecule has 0 amide bonds. The van der Waals surface area contributed by atoms with Crippen molar-refractivity contribution in [3.63, 3.8) is 0 Å². The van der Waals surface area contributed by atoms with E-state index in [0.717, 1.165) is 0 Å². The molecular formula is C5H8ClNO2. The van der Waals surface area contributed by atoms with E-state index in [0.29, 0.717) is 13.0 Å². The van der Waals surface area contributed by atoms with Crippen molar-refractivity contribution in [2.24, 2.45) is 5.92 Å². The fraction of sp³-hybridized carbons (Fsp3) is 0.800. The number of nitrogens with one attached hydrogen (secondary N) is 1. The molecule has 0 radical (unpaired) electrons. The summed E-state index contributed by atoms with van der Waals surface area (Å²) in [6.45, 7) is 0.503. The van der Waals surface area contributed by atoms with Crippen LogP contribution < -0.4 is 5.32 Å². The Hall–Kier alpha value is -0.280. The van der Waals surface area contributed by atoms with E-state index in [1.54, 1.807) is 0 Å². The zero-order valence-electron chi connectivity index (χ0n) is 4.80. The summed E-state index contributed by atoms with van der Waals surface area (Å²) in [5, 5.41) is 11.3. The third-order valence-electron chi connectivity index (χ3n) is 1.43. The van der Waals surface area contributed by atoms with Crippen LogP contribution in [0.15, 0.2) is 0 Å². The SMILES string of the molecule is O=C(O)C1CNC(Cl)C1. The second-order valence-corrected chi connectivity index (χ2v) is 2.67. The van der Waals surface area contributed by atoms with Crippen LogP contribution in [-0.2, 0) is 4.79 Å². The summed E-state index contributed by atoms with van der Waals surface area (Å²) in [7, 11) is 0. The number of hydrogen-bond acceptors (Lipinski definition) is 2. The number of rotatable bonds is 1. The van der Waals surface area contributed by atoms with Gasteiger partial charge in [-0.2, -0.15) is 0 Å². The van der Waals surface area contributed by atoms with Crippen molar-refractivity contribution in [3.8, 4) is 0 Å². The molecule has 1 saturated heterocycles. The topological polar surface area (TPSA) is 49.3 Å². The maximum absolute atomic E-state index is 10.2. The van der Waals surface area contributed by atoms with Gasteiger partial charge in [0.1, 0.15) is 0 Å². The van der Waals surface area contributed by atoms with E-state index in [2.05, 4.69) is 5.32 Å². The first-order chi connectivity index (χ1) is 4.20. The Morgan fingerprint density at radius 2 is 2.44 bits per heavy atom. The molecule has 1 aliphatic rings. The molecule has 2 unspecified atom stereocenters. The van der Waals surface area contributed by atoms with E-state index < -0.39 is 5.97 Å². The minimum absolute atomic E-state index is 0.147. The zero-order chi connectivity index (χ0) is 6.85. The van der Waals surface area contributed by atoms with Crippen LogP contribution in [0.3, 0.4) is 0 Å². The molecule has 1 aliphatic heterocycles. The van der Waals surface area contributed by atoms with Gasteiger partial charge in [-0.05, 0) is 6.42 Å². The number of hydrogen-bond donors (Lipinski definition) is 2. The first kappa shape index (κ1) is 6.83. The molecule has 4 heteroatoms. The van der Waals surface area contributed by atoms with E-state index in [1.165, 1.54) is 0 Å². The summed E-state index contributed by atoms with van der Waals surface area (Å²) in [4.78, 5) is 10.2. The Kier molecular flexibility index (Phi) is 1.93. The van der Waals surface area contributed by atoms with Crippen molar-refractivity contribution >= 4 is 17.6 Å². The predicted octanol–water partition coefficient (Wildman–Crippen LogP) is 0.245. The molecule has 2 N–H and O–H groups in total. The molecule has 2 atom stereocenters. The Balaban J connectivity index is 2.39. The summed E-state index contributed by atoms with van der Waals surface area (Å²) in [6.07, 6.45) is 0.539. The second-order valence-electron chi connectivity index (χ2n) is 2.15. The molecule has 9 heavy (non-hydrogen) atoms. The van der Waals surface area contributed by atoms with Gasteiger partial charge in [-0.1, -0.05) is 0 Å². The molecule has 3 nitrogen and oxygen atoms in total. The third kappa shape index (κ3) is 1.56. The average molecular weight is 150 g/mol. The first-order valence-electron chi connectivity index (χ1n) is 2.80. The van der Waals surface area contributed by atoms with Gasteiger partial charge in [0.25, 0.3) is 0 Å². The number of carboxylic acids is 1. The number of alkyl halides is 1. The molecule has 0 aliphatic carbocycles. The van der Waals surface area contributed by atoms with Crippen molar-refractivity contribution in [2.45, 2.75) is 11.9 Å². The second kappa shape index (κ2) is 2.54. The van der Waals surface area contributed by atoms with Crippen LogP contribution in [0.1, 0.15) is 6.42 Å². The minimum Gasteiger partial charge on any atom is -0.481 e. The fourth-order valence-electron chi connectivity index (χ4n) is 0.875. The summed E-state index contributed by atoms with van der Waals surface area (Å²) < 4.78 is 0. The molecule has 1 fully saturated rings. The number of carboxylic acid groups (broad SMARTS) is 1. The fourth-order valence-corrected chi connectivity index (χ4v) is 1.18. The Morgan fingerprint density at radius 3 is 2.67 bits per heavy atom. The minimum atomic E-state index is -0.759. The molecule has 1 rings (SSSR count). The van der Waals surface area contributed by atoms with E-state index in [1.807, 2.05) is 0 Å². The third-order valence-corrected chi connectivity index (χ3v) is 1.76. The van der Waals surface area contributed by atoms with Gasteiger partial charge in [-0.25, -0.2) is 0 Å². The van der Waals surface area contributed by atoms with E-state index in [4.69, 9.17) is 16.7 Å². The zero-order valence-corrected chi connectivity index (χ0v) is 5.56. The largest absolute Gasteiger partial charge is 0.481 e. The molecule has 0 aromatic carbocycles. The van der Waals surface area contributed by atoms with Crippen molar-refractivity contribution in [1.29, 1.82) is 0 Å². The lowest BCUT2D eigenvalue weighted by molar-refractivity contribution is -0.141. The van der Waals surface area contributed by atoms with Gasteiger partial charge in [0.05, 0.1) is 11.4 Å². The molecule has 0 saturated carbocycles. The quantitative estimate of drug-likeness (QED) is 0.415. The van der Waals surface area contributed by atoms with Crippen molar-refractivity contribution in [2.75, 3.05) is 6.54 Å². The van der Waals surface area contributed by atoms with Gasteiger partial charge in [0, 0.05) is 6.54 Å². The average Bonchev–Trinajstić information content (AvgIpc) is 2.14. The molecule has 52 valence electrons. The summed E-state index contributed by atoms with van der Waals surface area (Å²) in [5.41, 5.74) is -0.147. The molecule has 1 heterocycles. The molecular weight excluding hydrogens is 142 g/mol. The monoisotopic (exact) mass is 149 g/mol. The van der Waals surface area contributed by atoms with Crippen molar-refractivity contribution in [3.05, 3.63) is 0 Å². The normalized spacial score (nSPS) is 34.8. The van der Waals surface area contributed by atoms with Crippen LogP contribution >= 0.6 is 11.6 Å². The Morgan fingerprint density at radius 1 is 1.78 bits per heavy atom. The number of halogens is 1. The molecule has 0 aromatic heterocycles. The van der Waals surface area contributed by atoms with Gasteiger partial charge >= 0.3 is 5.97 Å². The lowest BCUT2D eigenvalue weighted by Crippen LogP contribution is -2.17. The lowest BCUT2D eigenvalue weighted by atomic mass is 10.1. The Bertz CT molecular complexity index is 128. The molecule has 0 aromatic rings. The van der Waals surface area contributed by atoms with Crippen LogP contribution in [0.2, 0.25) is 0 Å². The maximum atomic E-state index is 10.2. The van der Waals surface area contributed by atoms with Crippen LogP contribution in [0.4, 0.5) is 0 Å². The summed E-state index contributed by atoms with van der Waals surface area (Å²) in [6, 6.07) is 0. The van der Waals surface area contributed by atoms with Crippen LogP contribution in [0.25, 0.3) is 0 Å². The highest BCUT2D eigenvalue weighted by Gasteiger charge is 2.27. The number of carbonyl (C=O) groups is 1. The van der Waals surface area contributed by atoms with Gasteiger partial charge in [-0.15, -0.1) is 11.6 Å². The van der Waals surface area contributed by atoms with E-state index in [-0.39, 0.29) is 11.4 Å². The first-order valence-corrected chi connectivity index (χ1v) is 3.24. The van der Waals surface area contributed by atoms with E-state index in [9.17, 15) is 4.79 Å². The van der Waals surface area contributed by atoms with Gasteiger partial charge in [0.15, 0.2) is 0 Å². The highest BCUT2D eigenvalue weighted by Crippen LogP contribution is 2.15. The van der Waals surface area contributed by atoms with Crippen LogP contribution in [0, 0.1) is 5.92 Å².